The molecule has 4 N–H and O–H groups in total. The zero-order chi connectivity index (χ0) is 33.8. The molecule has 0 saturated carbocycles. The summed E-state index contributed by atoms with van der Waals surface area (Å²) in [5.74, 6) is -4.14. The number of halogens is 6. The van der Waals surface area contributed by atoms with Crippen molar-refractivity contribution in [2.45, 2.75) is 37.7 Å². The number of methoxy groups -OCH3 is 1. The van der Waals surface area contributed by atoms with Gasteiger partial charge in [-0.3, -0.25) is 9.89 Å². The number of hydrogen-bond donors (Lipinski definition) is 4. The van der Waals surface area contributed by atoms with Crippen molar-refractivity contribution in [3.05, 3.63) is 60.4 Å². The SMILES string of the molecule is COc1ccc(CC(=O)Nc2ccc(-c3cn[nH]c3)cc2OC2CCN(C)CC2)cc1.O=C(O)C(F)(F)F.O=C(O)C(F)(F)F. The molecular weight excluding hydrogens is 618 g/mol. The van der Waals surface area contributed by atoms with Gasteiger partial charge in [-0.05, 0) is 55.3 Å². The monoisotopic (exact) mass is 648 g/mol. The van der Waals surface area contributed by atoms with Crippen LogP contribution in [0.25, 0.3) is 11.1 Å². The number of piperidine rings is 1. The number of alkyl halides is 6. The number of rotatable bonds is 7. The number of carboxylic acid groups (broad SMARTS) is 2. The Morgan fingerprint density at radius 1 is 0.956 bits per heavy atom. The van der Waals surface area contributed by atoms with Crippen LogP contribution in [0.3, 0.4) is 0 Å². The van der Waals surface area contributed by atoms with Gasteiger partial charge in [-0.15, -0.1) is 0 Å². The van der Waals surface area contributed by atoms with Gasteiger partial charge in [-0.1, -0.05) is 18.2 Å². The summed E-state index contributed by atoms with van der Waals surface area (Å²) in [4.78, 5) is 32.8. The highest BCUT2D eigenvalue weighted by Gasteiger charge is 2.38. The Kier molecular flexibility index (Phi) is 13.2. The molecule has 11 nitrogen and oxygen atoms in total. The van der Waals surface area contributed by atoms with Gasteiger partial charge in [0.05, 0.1) is 25.4 Å². The molecule has 0 aliphatic carbocycles. The second kappa shape index (κ2) is 16.3. The number of aromatic amines is 1. The molecule has 45 heavy (non-hydrogen) atoms. The van der Waals surface area contributed by atoms with Crippen molar-refractivity contribution >= 4 is 23.5 Å². The number of carbonyl (C=O) groups excluding carboxylic acids is 1. The van der Waals surface area contributed by atoms with E-state index in [0.29, 0.717) is 11.4 Å². The van der Waals surface area contributed by atoms with Gasteiger partial charge < -0.3 is 29.9 Å². The Hall–Kier alpha value is -4.80. The van der Waals surface area contributed by atoms with Crippen LogP contribution in [0.2, 0.25) is 0 Å². The Bertz CT molecular complexity index is 1370. The van der Waals surface area contributed by atoms with Gasteiger partial charge in [0.15, 0.2) is 0 Å². The van der Waals surface area contributed by atoms with Crippen molar-refractivity contribution in [2.24, 2.45) is 0 Å². The maximum Gasteiger partial charge on any atom is 0.490 e. The van der Waals surface area contributed by atoms with Crippen LogP contribution >= 0.6 is 0 Å². The molecule has 1 aliphatic rings. The summed E-state index contributed by atoms with van der Waals surface area (Å²) in [7, 11) is 3.75. The summed E-state index contributed by atoms with van der Waals surface area (Å²) in [6.07, 6.45) is -4.21. The van der Waals surface area contributed by atoms with Crippen molar-refractivity contribution in [3.63, 3.8) is 0 Å². The number of likely N-dealkylation sites (tertiary alicyclic amines) is 1. The maximum atomic E-state index is 12.7. The zero-order valence-corrected chi connectivity index (χ0v) is 23.9. The number of carbonyl (C=O) groups is 3. The van der Waals surface area contributed by atoms with Crippen molar-refractivity contribution in [2.75, 3.05) is 32.6 Å². The minimum Gasteiger partial charge on any atom is -0.497 e. The fraction of sp³-hybridized carbons (Fsp3) is 0.357. The minimum absolute atomic E-state index is 0.0885. The minimum atomic E-state index is -5.08. The molecule has 17 heteroatoms. The van der Waals surface area contributed by atoms with Gasteiger partial charge in [0, 0.05) is 24.8 Å². The fourth-order valence-electron chi connectivity index (χ4n) is 3.72. The van der Waals surface area contributed by atoms with Gasteiger partial charge in [0.2, 0.25) is 5.91 Å². The molecule has 246 valence electrons. The predicted octanol–water partition coefficient (Wildman–Crippen LogP) is 5.01. The number of amides is 1. The van der Waals surface area contributed by atoms with E-state index in [1.807, 2.05) is 48.7 Å². The summed E-state index contributed by atoms with van der Waals surface area (Å²) in [6, 6.07) is 13.4. The number of anilines is 1. The van der Waals surface area contributed by atoms with Crippen LogP contribution in [0.1, 0.15) is 18.4 Å². The first kappa shape index (κ1) is 36.4. The van der Waals surface area contributed by atoms with Gasteiger partial charge in [-0.2, -0.15) is 31.4 Å². The number of nitrogens with zero attached hydrogens (tertiary/aromatic N) is 2. The third kappa shape index (κ3) is 12.8. The van der Waals surface area contributed by atoms with Crippen LogP contribution in [0.4, 0.5) is 32.0 Å². The number of ether oxygens (including phenoxy) is 2. The smallest absolute Gasteiger partial charge is 0.490 e. The van der Waals surface area contributed by atoms with Crippen LogP contribution in [0.15, 0.2) is 54.9 Å². The second-order valence-corrected chi connectivity index (χ2v) is 9.50. The average molecular weight is 649 g/mol. The van der Waals surface area contributed by atoms with Crippen molar-refractivity contribution in [3.8, 4) is 22.6 Å². The highest BCUT2D eigenvalue weighted by Crippen LogP contribution is 2.33. The van der Waals surface area contributed by atoms with Crippen LogP contribution in [-0.2, 0) is 20.8 Å². The van der Waals surface area contributed by atoms with Crippen molar-refractivity contribution < 1.29 is 60.4 Å². The predicted molar refractivity (Wildman–Crippen MR) is 148 cm³/mol. The molecule has 2 heterocycles. The highest BCUT2D eigenvalue weighted by atomic mass is 19.4. The van der Waals surface area contributed by atoms with Gasteiger partial charge >= 0.3 is 24.3 Å². The lowest BCUT2D eigenvalue weighted by molar-refractivity contribution is -0.193. The Morgan fingerprint density at radius 3 is 1.98 bits per heavy atom. The standard InChI is InChI=1S/C24H28N4O3.2C2HF3O2/c1-28-11-9-21(10-12-28)31-23-14-18(19-15-25-26-16-19)5-8-22(23)27-24(29)13-17-3-6-20(30-2)7-4-17;2*3-2(4,5)1(6)7/h3-8,14-16,21H,9-13H2,1-2H3,(H,25,26)(H,27,29);2*(H,6,7). The first-order valence-electron chi connectivity index (χ1n) is 13.0. The summed E-state index contributed by atoms with van der Waals surface area (Å²) in [5.41, 5.74) is 3.57. The van der Waals surface area contributed by atoms with E-state index in [-0.39, 0.29) is 18.4 Å². The molecular formula is C28H30F6N4O7. The number of benzene rings is 2. The van der Waals surface area contributed by atoms with E-state index in [1.165, 1.54) is 0 Å². The molecule has 0 bridgehead atoms. The van der Waals surface area contributed by atoms with E-state index in [1.54, 1.807) is 13.3 Å². The summed E-state index contributed by atoms with van der Waals surface area (Å²) < 4.78 is 75.0. The third-order valence-electron chi connectivity index (χ3n) is 6.06. The highest BCUT2D eigenvalue weighted by molar-refractivity contribution is 5.94. The van der Waals surface area contributed by atoms with Crippen LogP contribution < -0.4 is 14.8 Å². The molecule has 0 spiro atoms. The molecule has 1 aromatic heterocycles. The quantitative estimate of drug-likeness (QED) is 0.259. The molecule has 1 saturated heterocycles. The van der Waals surface area contributed by atoms with Gasteiger partial charge in [0.25, 0.3) is 0 Å². The molecule has 2 aromatic carbocycles. The van der Waals surface area contributed by atoms with E-state index in [9.17, 15) is 31.1 Å². The van der Waals surface area contributed by atoms with E-state index < -0.39 is 24.3 Å². The normalized spacial score (nSPS) is 13.8. The second-order valence-electron chi connectivity index (χ2n) is 9.50. The third-order valence-corrected chi connectivity index (χ3v) is 6.06. The maximum absolute atomic E-state index is 12.7. The molecule has 4 rings (SSSR count). The first-order valence-corrected chi connectivity index (χ1v) is 13.0. The lowest BCUT2D eigenvalue weighted by Gasteiger charge is -2.30. The number of aliphatic carboxylic acids is 2. The molecule has 0 radical (unpaired) electrons. The van der Waals surface area contributed by atoms with E-state index in [0.717, 1.165) is 48.4 Å². The Balaban J connectivity index is 0.000000421. The van der Waals surface area contributed by atoms with E-state index in [4.69, 9.17) is 29.3 Å². The van der Waals surface area contributed by atoms with Gasteiger partial charge in [-0.25, -0.2) is 9.59 Å². The van der Waals surface area contributed by atoms with Crippen LogP contribution in [0.5, 0.6) is 11.5 Å². The largest absolute Gasteiger partial charge is 0.497 e. The number of H-pyrrole nitrogens is 1. The van der Waals surface area contributed by atoms with Crippen LogP contribution in [0, 0.1) is 0 Å². The fourth-order valence-corrected chi connectivity index (χ4v) is 3.72. The van der Waals surface area contributed by atoms with Crippen LogP contribution in [-0.4, -0.2) is 88.9 Å². The summed E-state index contributed by atoms with van der Waals surface area (Å²) >= 11 is 0. The van der Waals surface area contributed by atoms with E-state index in [2.05, 4.69) is 27.5 Å². The summed E-state index contributed by atoms with van der Waals surface area (Å²) in [6.45, 7) is 2.01. The van der Waals surface area contributed by atoms with Gasteiger partial charge in [0.1, 0.15) is 17.6 Å². The Morgan fingerprint density at radius 2 is 1.51 bits per heavy atom. The molecule has 1 amide bonds. The van der Waals surface area contributed by atoms with Crippen molar-refractivity contribution in [1.29, 1.82) is 0 Å². The molecule has 1 aliphatic heterocycles. The lowest BCUT2D eigenvalue weighted by Crippen LogP contribution is -2.35. The zero-order valence-electron chi connectivity index (χ0n) is 23.9. The number of carboxylic acids is 2. The number of hydrogen-bond acceptors (Lipinski definition) is 7. The summed E-state index contributed by atoms with van der Waals surface area (Å²) in [5, 5.41) is 24.2. The number of aromatic nitrogens is 2. The molecule has 1 fully saturated rings. The molecule has 0 unspecified atom stereocenters. The van der Waals surface area contributed by atoms with E-state index >= 15 is 0 Å². The van der Waals surface area contributed by atoms with Crippen molar-refractivity contribution in [1.82, 2.24) is 15.1 Å². The average Bonchev–Trinajstić information content (AvgIpc) is 3.50. The first-order chi connectivity index (χ1) is 21.0. The molecule has 0 atom stereocenters. The molecule has 3 aromatic rings. The Labute approximate surface area is 252 Å². The lowest BCUT2D eigenvalue weighted by atomic mass is 10.1. The topological polar surface area (TPSA) is 154 Å². The number of nitrogens with one attached hydrogen (secondary N) is 2.